The summed E-state index contributed by atoms with van der Waals surface area (Å²) >= 11 is 6.04. The molecule has 0 aromatic heterocycles. The lowest BCUT2D eigenvalue weighted by molar-refractivity contribution is 0.318. The summed E-state index contributed by atoms with van der Waals surface area (Å²) in [4.78, 5) is 0. The molecule has 5 nitrogen and oxygen atoms in total. The Hall–Kier alpha value is -2.40. The van der Waals surface area contributed by atoms with Crippen LogP contribution < -0.4 is 15.2 Å². The Bertz CT molecular complexity index is 627. The maximum atomic E-state index is 8.63. The summed E-state index contributed by atoms with van der Waals surface area (Å²) in [5.41, 5.74) is 5.93. The highest BCUT2D eigenvalue weighted by atomic mass is 35.5. The molecule has 0 saturated carbocycles. The lowest BCUT2D eigenvalue weighted by Gasteiger charge is -2.08. The van der Waals surface area contributed by atoms with Crippen molar-refractivity contribution in [3.63, 3.8) is 0 Å². The molecule has 3 N–H and O–H groups in total. The average molecular weight is 293 g/mol. The van der Waals surface area contributed by atoms with Crippen LogP contribution in [0.2, 0.25) is 5.02 Å². The number of nitrogens with zero attached hydrogens (tertiary/aromatic N) is 1. The summed E-state index contributed by atoms with van der Waals surface area (Å²) in [5.74, 6) is 1.90. The number of hydrogen-bond donors (Lipinski definition) is 2. The van der Waals surface area contributed by atoms with Crippen molar-refractivity contribution in [2.45, 2.75) is 0 Å². The Morgan fingerprint density at radius 2 is 1.70 bits per heavy atom. The molecule has 0 aliphatic heterocycles. The van der Waals surface area contributed by atoms with Crippen molar-refractivity contribution in [3.05, 3.63) is 53.1 Å². The second-order valence-corrected chi connectivity index (χ2v) is 4.31. The largest absolute Gasteiger partial charge is 0.497 e. The van der Waals surface area contributed by atoms with Gasteiger partial charge in [-0.1, -0.05) is 16.8 Å². The Balaban J connectivity index is 2.19. The average Bonchev–Trinajstić information content (AvgIpc) is 2.47. The van der Waals surface area contributed by atoms with Gasteiger partial charge in [-0.05, 0) is 36.4 Å². The quantitative estimate of drug-likeness (QED) is 0.392. The molecule has 0 unspecified atom stereocenters. The number of rotatable bonds is 4. The highest BCUT2D eigenvalue weighted by Crippen LogP contribution is 2.27. The van der Waals surface area contributed by atoms with Crippen molar-refractivity contribution in [3.8, 4) is 17.2 Å². The summed E-state index contributed by atoms with van der Waals surface area (Å²) in [6.45, 7) is 0. The Morgan fingerprint density at radius 3 is 2.25 bits per heavy atom. The third-order valence-electron chi connectivity index (χ3n) is 2.62. The third-order valence-corrected chi connectivity index (χ3v) is 2.93. The zero-order valence-corrected chi connectivity index (χ0v) is 11.5. The first-order chi connectivity index (χ1) is 9.63. The van der Waals surface area contributed by atoms with E-state index in [4.69, 9.17) is 32.0 Å². The minimum absolute atomic E-state index is 0.0500. The summed E-state index contributed by atoms with van der Waals surface area (Å²) in [6.07, 6.45) is 0. The number of methoxy groups -OCH3 is 1. The molecule has 0 amide bonds. The Morgan fingerprint density at radius 1 is 1.10 bits per heavy atom. The number of hydrogen-bond acceptors (Lipinski definition) is 4. The van der Waals surface area contributed by atoms with Gasteiger partial charge in [-0.3, -0.25) is 0 Å². The summed E-state index contributed by atoms with van der Waals surface area (Å²) in [6, 6.07) is 12.1. The van der Waals surface area contributed by atoms with Gasteiger partial charge in [0.05, 0.1) is 12.1 Å². The molecule has 0 aliphatic rings. The van der Waals surface area contributed by atoms with E-state index in [9.17, 15) is 0 Å². The number of amidine groups is 1. The zero-order valence-electron chi connectivity index (χ0n) is 10.7. The molecule has 0 saturated heterocycles. The van der Waals surface area contributed by atoms with Gasteiger partial charge in [-0.15, -0.1) is 0 Å². The summed E-state index contributed by atoms with van der Waals surface area (Å²) in [7, 11) is 1.60. The fourth-order valence-corrected chi connectivity index (χ4v) is 1.87. The summed E-state index contributed by atoms with van der Waals surface area (Å²) < 4.78 is 10.7. The number of benzene rings is 2. The van der Waals surface area contributed by atoms with Gasteiger partial charge in [-0.25, -0.2) is 0 Å². The van der Waals surface area contributed by atoms with Crippen LogP contribution in [0.5, 0.6) is 17.2 Å². The molecule has 2 aromatic carbocycles. The van der Waals surface area contributed by atoms with Crippen LogP contribution in [0.3, 0.4) is 0 Å². The fraction of sp³-hybridized carbons (Fsp3) is 0.0714. The van der Waals surface area contributed by atoms with E-state index >= 15 is 0 Å². The van der Waals surface area contributed by atoms with Gasteiger partial charge in [0.2, 0.25) is 0 Å². The maximum Gasteiger partial charge on any atom is 0.171 e. The lowest BCUT2D eigenvalue weighted by atomic mass is 10.2. The van der Waals surface area contributed by atoms with E-state index in [1.54, 1.807) is 49.6 Å². The Labute approximate surface area is 121 Å². The van der Waals surface area contributed by atoms with Gasteiger partial charge in [0.25, 0.3) is 0 Å². The standard InChI is InChI=1S/C14H13ClN2O3/c1-19-9-2-4-10(5-3-9)20-11-6-7-12(13(15)8-11)14(16)17-18/h2-8,18H,1H3,(H2,16,17). The van der Waals surface area contributed by atoms with Crippen molar-refractivity contribution in [2.24, 2.45) is 10.9 Å². The van der Waals surface area contributed by atoms with E-state index in [1.165, 1.54) is 0 Å². The predicted molar refractivity (Wildman–Crippen MR) is 77.0 cm³/mol. The van der Waals surface area contributed by atoms with Crippen LogP contribution in [-0.2, 0) is 0 Å². The molecule has 104 valence electrons. The normalized spacial score (nSPS) is 11.2. The molecule has 0 spiro atoms. The van der Waals surface area contributed by atoms with Crippen molar-refractivity contribution in [1.29, 1.82) is 0 Å². The van der Waals surface area contributed by atoms with E-state index in [0.29, 0.717) is 22.1 Å². The highest BCUT2D eigenvalue weighted by Gasteiger charge is 2.07. The van der Waals surface area contributed by atoms with Crippen LogP contribution >= 0.6 is 11.6 Å². The van der Waals surface area contributed by atoms with Gasteiger partial charge < -0.3 is 20.4 Å². The molecular formula is C14H13ClN2O3. The van der Waals surface area contributed by atoms with Gasteiger partial charge in [-0.2, -0.15) is 0 Å². The van der Waals surface area contributed by atoms with Crippen molar-refractivity contribution in [1.82, 2.24) is 0 Å². The van der Waals surface area contributed by atoms with E-state index < -0.39 is 0 Å². The molecule has 0 radical (unpaired) electrons. The highest BCUT2D eigenvalue weighted by molar-refractivity contribution is 6.34. The minimum Gasteiger partial charge on any atom is -0.497 e. The van der Waals surface area contributed by atoms with Gasteiger partial charge in [0.15, 0.2) is 5.84 Å². The topological polar surface area (TPSA) is 77.1 Å². The molecule has 6 heteroatoms. The van der Waals surface area contributed by atoms with Gasteiger partial charge >= 0.3 is 0 Å². The number of ether oxygens (including phenoxy) is 2. The first kappa shape index (κ1) is 14.0. The molecule has 0 bridgehead atoms. The van der Waals surface area contributed by atoms with E-state index in [2.05, 4.69) is 5.16 Å². The second-order valence-electron chi connectivity index (χ2n) is 3.90. The van der Waals surface area contributed by atoms with Crippen molar-refractivity contribution >= 4 is 17.4 Å². The van der Waals surface area contributed by atoms with Crippen LogP contribution in [0, 0.1) is 0 Å². The smallest absolute Gasteiger partial charge is 0.171 e. The molecule has 0 fully saturated rings. The van der Waals surface area contributed by atoms with Crippen LogP contribution in [0.1, 0.15) is 5.56 Å². The van der Waals surface area contributed by atoms with Crippen LogP contribution in [0.4, 0.5) is 0 Å². The van der Waals surface area contributed by atoms with E-state index in [-0.39, 0.29) is 5.84 Å². The number of halogens is 1. The van der Waals surface area contributed by atoms with Crippen LogP contribution in [0.15, 0.2) is 47.6 Å². The molecule has 0 heterocycles. The molecule has 0 aliphatic carbocycles. The first-order valence-electron chi connectivity index (χ1n) is 5.73. The molecule has 20 heavy (non-hydrogen) atoms. The maximum absolute atomic E-state index is 8.63. The predicted octanol–water partition coefficient (Wildman–Crippen LogP) is 3.24. The summed E-state index contributed by atoms with van der Waals surface area (Å²) in [5, 5.41) is 11.9. The molecular weight excluding hydrogens is 280 g/mol. The number of oxime groups is 1. The third kappa shape index (κ3) is 3.13. The van der Waals surface area contributed by atoms with Gasteiger partial charge in [0.1, 0.15) is 17.2 Å². The Kier molecular flexibility index (Phi) is 4.32. The first-order valence-corrected chi connectivity index (χ1v) is 6.11. The molecule has 2 rings (SSSR count). The van der Waals surface area contributed by atoms with Crippen LogP contribution in [0.25, 0.3) is 0 Å². The second kappa shape index (κ2) is 6.16. The SMILES string of the molecule is COc1ccc(Oc2ccc(C(N)=NO)c(Cl)c2)cc1. The molecule has 0 atom stereocenters. The molecule has 2 aromatic rings. The number of nitrogens with two attached hydrogens (primary N) is 1. The van der Waals surface area contributed by atoms with Crippen LogP contribution in [-0.4, -0.2) is 18.2 Å². The van der Waals surface area contributed by atoms with E-state index in [0.717, 1.165) is 5.75 Å². The zero-order chi connectivity index (χ0) is 14.5. The van der Waals surface area contributed by atoms with Crippen molar-refractivity contribution in [2.75, 3.05) is 7.11 Å². The fourth-order valence-electron chi connectivity index (χ4n) is 1.60. The monoisotopic (exact) mass is 292 g/mol. The van der Waals surface area contributed by atoms with Crippen molar-refractivity contribution < 1.29 is 14.7 Å². The lowest BCUT2D eigenvalue weighted by Crippen LogP contribution is -2.13. The van der Waals surface area contributed by atoms with E-state index in [1.807, 2.05) is 0 Å². The minimum atomic E-state index is -0.0500. The van der Waals surface area contributed by atoms with Gasteiger partial charge in [0, 0.05) is 11.6 Å².